The van der Waals surface area contributed by atoms with E-state index in [1.807, 2.05) is 0 Å². The highest BCUT2D eigenvalue weighted by Gasteiger charge is 2.27. The van der Waals surface area contributed by atoms with Gasteiger partial charge in [-0.2, -0.15) is 0 Å². The van der Waals surface area contributed by atoms with Gasteiger partial charge in [-0.1, -0.05) is 6.92 Å². The number of nitrogens with one attached hydrogen (secondary N) is 1. The zero-order valence-electron chi connectivity index (χ0n) is 10.6. The van der Waals surface area contributed by atoms with E-state index >= 15 is 0 Å². The molecule has 0 spiro atoms. The van der Waals surface area contributed by atoms with Gasteiger partial charge in [0.1, 0.15) is 9.84 Å². The van der Waals surface area contributed by atoms with Crippen molar-refractivity contribution in [1.29, 1.82) is 0 Å². The monoisotopic (exact) mass is 248 g/mol. The standard InChI is InChI=1S/C11H24N2O2S/c1-4-11(2)10-13(7-5-6-12-11)8-9-16(3,14)15/h12H,4-10H2,1-3H3. The molecule has 4 nitrogen and oxygen atoms in total. The van der Waals surface area contributed by atoms with E-state index in [1.165, 1.54) is 6.26 Å². The number of hydrogen-bond donors (Lipinski definition) is 1. The topological polar surface area (TPSA) is 49.4 Å². The van der Waals surface area contributed by atoms with Crippen molar-refractivity contribution in [2.45, 2.75) is 32.2 Å². The molecule has 0 aliphatic carbocycles. The molecule has 1 fully saturated rings. The van der Waals surface area contributed by atoms with Crippen LogP contribution in [-0.4, -0.2) is 57.0 Å². The highest BCUT2D eigenvalue weighted by atomic mass is 32.2. The van der Waals surface area contributed by atoms with Crippen LogP contribution in [0.3, 0.4) is 0 Å². The summed E-state index contributed by atoms with van der Waals surface area (Å²) in [5, 5.41) is 3.54. The van der Waals surface area contributed by atoms with Crippen LogP contribution in [-0.2, 0) is 9.84 Å². The maximum atomic E-state index is 11.1. The Kier molecular flexibility index (Phi) is 4.76. The van der Waals surface area contributed by atoms with E-state index in [0.29, 0.717) is 6.54 Å². The van der Waals surface area contributed by atoms with Crippen molar-refractivity contribution in [2.24, 2.45) is 0 Å². The average molecular weight is 248 g/mol. The fraction of sp³-hybridized carbons (Fsp3) is 1.00. The Labute approximate surface area is 99.3 Å². The molecule has 1 heterocycles. The second-order valence-electron chi connectivity index (χ2n) is 5.10. The summed E-state index contributed by atoms with van der Waals surface area (Å²) in [5.41, 5.74) is 0.133. The molecule has 0 bridgehead atoms. The van der Waals surface area contributed by atoms with Gasteiger partial charge in [0, 0.05) is 24.9 Å². The molecule has 1 atom stereocenters. The Morgan fingerprint density at radius 2 is 2.12 bits per heavy atom. The van der Waals surface area contributed by atoms with Gasteiger partial charge >= 0.3 is 0 Å². The summed E-state index contributed by atoms with van der Waals surface area (Å²) in [6.45, 7) is 8.02. The first kappa shape index (κ1) is 13.9. The van der Waals surface area contributed by atoms with Gasteiger partial charge in [0.15, 0.2) is 0 Å². The van der Waals surface area contributed by atoms with Crippen molar-refractivity contribution < 1.29 is 8.42 Å². The summed E-state index contributed by atoms with van der Waals surface area (Å²) in [5.74, 6) is 0.271. The van der Waals surface area contributed by atoms with Crippen molar-refractivity contribution in [3.8, 4) is 0 Å². The van der Waals surface area contributed by atoms with E-state index in [9.17, 15) is 8.42 Å². The van der Waals surface area contributed by atoms with Gasteiger partial charge in [-0.15, -0.1) is 0 Å². The maximum Gasteiger partial charge on any atom is 0.148 e. The summed E-state index contributed by atoms with van der Waals surface area (Å²) in [7, 11) is -2.84. The van der Waals surface area contributed by atoms with Crippen molar-refractivity contribution in [2.75, 3.05) is 38.2 Å². The molecule has 1 aliphatic heterocycles. The molecule has 1 aliphatic rings. The fourth-order valence-corrected chi connectivity index (χ4v) is 2.63. The van der Waals surface area contributed by atoms with E-state index in [1.54, 1.807) is 0 Å². The molecule has 1 saturated heterocycles. The van der Waals surface area contributed by atoms with Crippen LogP contribution in [0.5, 0.6) is 0 Å². The molecule has 0 aromatic carbocycles. The van der Waals surface area contributed by atoms with Crippen LogP contribution in [0.2, 0.25) is 0 Å². The molecule has 0 aromatic heterocycles. The molecule has 96 valence electrons. The predicted octanol–water partition coefficient (Wildman–Crippen LogP) is 0.495. The largest absolute Gasteiger partial charge is 0.310 e. The van der Waals surface area contributed by atoms with Crippen LogP contribution in [0.25, 0.3) is 0 Å². The van der Waals surface area contributed by atoms with Crippen molar-refractivity contribution in [1.82, 2.24) is 10.2 Å². The predicted molar refractivity (Wildman–Crippen MR) is 67.5 cm³/mol. The number of nitrogens with zero attached hydrogens (tertiary/aromatic N) is 1. The van der Waals surface area contributed by atoms with Gasteiger partial charge in [-0.05, 0) is 32.9 Å². The first-order valence-corrected chi connectivity index (χ1v) is 8.06. The van der Waals surface area contributed by atoms with Crippen molar-refractivity contribution in [3.05, 3.63) is 0 Å². The van der Waals surface area contributed by atoms with Crippen molar-refractivity contribution >= 4 is 9.84 Å². The van der Waals surface area contributed by atoms with Crippen LogP contribution in [0.15, 0.2) is 0 Å². The molecular formula is C11H24N2O2S. The second-order valence-corrected chi connectivity index (χ2v) is 7.36. The molecule has 1 N–H and O–H groups in total. The third-order valence-electron chi connectivity index (χ3n) is 3.33. The minimum atomic E-state index is -2.84. The third kappa shape index (κ3) is 4.80. The highest BCUT2D eigenvalue weighted by molar-refractivity contribution is 7.90. The summed E-state index contributed by atoms with van der Waals surface area (Å²) in [4.78, 5) is 2.27. The summed E-state index contributed by atoms with van der Waals surface area (Å²) >= 11 is 0. The smallest absolute Gasteiger partial charge is 0.148 e. The van der Waals surface area contributed by atoms with Crippen LogP contribution >= 0.6 is 0 Å². The van der Waals surface area contributed by atoms with Gasteiger partial charge in [0.05, 0.1) is 5.75 Å². The lowest BCUT2D eigenvalue weighted by Gasteiger charge is -2.32. The summed E-state index contributed by atoms with van der Waals surface area (Å²) < 4.78 is 22.3. The molecule has 5 heteroatoms. The summed E-state index contributed by atoms with van der Waals surface area (Å²) in [6, 6.07) is 0. The molecule has 0 saturated carbocycles. The fourth-order valence-electron chi connectivity index (χ4n) is 2.04. The molecule has 1 unspecified atom stereocenters. The van der Waals surface area contributed by atoms with Crippen LogP contribution in [0, 0.1) is 0 Å². The first-order valence-electron chi connectivity index (χ1n) is 6.00. The SMILES string of the molecule is CCC1(C)CN(CCS(C)(=O)=O)CCCN1. The number of hydrogen-bond acceptors (Lipinski definition) is 4. The van der Waals surface area contributed by atoms with Crippen molar-refractivity contribution in [3.63, 3.8) is 0 Å². The lowest BCUT2D eigenvalue weighted by atomic mass is 9.99. The highest BCUT2D eigenvalue weighted by Crippen LogP contribution is 2.14. The van der Waals surface area contributed by atoms with E-state index in [4.69, 9.17) is 0 Å². The van der Waals surface area contributed by atoms with Crippen LogP contribution in [0.4, 0.5) is 0 Å². The van der Waals surface area contributed by atoms with Crippen LogP contribution in [0.1, 0.15) is 26.7 Å². The molecule has 0 aromatic rings. The molecule has 0 amide bonds. The Hall–Kier alpha value is -0.130. The Morgan fingerprint density at radius 1 is 1.44 bits per heavy atom. The minimum Gasteiger partial charge on any atom is -0.310 e. The molecule has 16 heavy (non-hydrogen) atoms. The Bertz CT molecular complexity index is 316. The van der Waals surface area contributed by atoms with E-state index < -0.39 is 9.84 Å². The Morgan fingerprint density at radius 3 is 2.69 bits per heavy atom. The van der Waals surface area contributed by atoms with Gasteiger partial charge in [0.25, 0.3) is 0 Å². The van der Waals surface area contributed by atoms with Gasteiger partial charge in [-0.3, -0.25) is 0 Å². The maximum absolute atomic E-state index is 11.1. The van der Waals surface area contributed by atoms with Gasteiger partial charge in [-0.25, -0.2) is 8.42 Å². The number of sulfone groups is 1. The lowest BCUT2D eigenvalue weighted by molar-refractivity contribution is 0.224. The molecule has 0 radical (unpaired) electrons. The third-order valence-corrected chi connectivity index (χ3v) is 4.26. The second kappa shape index (κ2) is 5.47. The zero-order chi connectivity index (χ0) is 12.2. The quantitative estimate of drug-likeness (QED) is 0.787. The van der Waals surface area contributed by atoms with E-state index in [0.717, 1.165) is 32.5 Å². The average Bonchev–Trinajstić information content (AvgIpc) is 2.37. The molecular weight excluding hydrogens is 224 g/mol. The normalized spacial score (nSPS) is 28.9. The van der Waals surface area contributed by atoms with Crippen LogP contribution < -0.4 is 5.32 Å². The minimum absolute atomic E-state index is 0.133. The van der Waals surface area contributed by atoms with E-state index in [-0.39, 0.29) is 11.3 Å². The number of rotatable bonds is 4. The molecule has 1 rings (SSSR count). The van der Waals surface area contributed by atoms with Gasteiger partial charge < -0.3 is 10.2 Å². The summed E-state index contributed by atoms with van der Waals surface area (Å²) in [6.07, 6.45) is 3.48. The first-order chi connectivity index (χ1) is 7.35. The zero-order valence-corrected chi connectivity index (χ0v) is 11.4. The Balaban J connectivity index is 2.53. The van der Waals surface area contributed by atoms with Gasteiger partial charge in [0.2, 0.25) is 0 Å². The lowest BCUT2D eigenvalue weighted by Crippen LogP contribution is -2.49. The van der Waals surface area contributed by atoms with E-state index in [2.05, 4.69) is 24.1 Å².